The van der Waals surface area contributed by atoms with Crippen LogP contribution in [0.25, 0.3) is 10.2 Å². The van der Waals surface area contributed by atoms with E-state index < -0.39 is 0 Å². The number of para-hydroxylation sites is 1. The van der Waals surface area contributed by atoms with Gasteiger partial charge in [0.1, 0.15) is 10.8 Å². The van der Waals surface area contributed by atoms with Crippen LogP contribution in [0.15, 0.2) is 47.1 Å². The topological polar surface area (TPSA) is 38.1 Å². The number of fused-ring (bicyclic) bond motifs is 1. The fraction of sp³-hybridized carbons (Fsp3) is 0.353. The van der Waals surface area contributed by atoms with Crippen LogP contribution in [0.5, 0.6) is 0 Å². The van der Waals surface area contributed by atoms with Crippen molar-refractivity contribution in [2.75, 3.05) is 0 Å². The third kappa shape index (κ3) is 3.52. The van der Waals surface area contributed by atoms with E-state index in [-0.39, 0.29) is 6.04 Å². The molecule has 0 fully saturated rings. The van der Waals surface area contributed by atoms with Crippen LogP contribution in [0.3, 0.4) is 0 Å². The summed E-state index contributed by atoms with van der Waals surface area (Å²) >= 11 is 1.77. The molecule has 2 heterocycles. The molecule has 2 unspecified atom stereocenters. The summed E-state index contributed by atoms with van der Waals surface area (Å²) in [6.45, 7) is 4.40. The number of rotatable bonds is 6. The van der Waals surface area contributed by atoms with Gasteiger partial charge in [-0.3, -0.25) is 0 Å². The number of nitrogens with one attached hydrogen (secondary N) is 1. The summed E-state index contributed by atoms with van der Waals surface area (Å²) in [6.07, 6.45) is 3.76. The van der Waals surface area contributed by atoms with Gasteiger partial charge in [-0.1, -0.05) is 12.1 Å². The zero-order chi connectivity index (χ0) is 14.7. The van der Waals surface area contributed by atoms with Gasteiger partial charge in [-0.2, -0.15) is 0 Å². The van der Waals surface area contributed by atoms with E-state index in [0.717, 1.165) is 29.1 Å². The fourth-order valence-corrected chi connectivity index (χ4v) is 3.45. The van der Waals surface area contributed by atoms with Crippen LogP contribution in [-0.4, -0.2) is 11.0 Å². The summed E-state index contributed by atoms with van der Waals surface area (Å²) in [5.74, 6) is 1.05. The maximum absolute atomic E-state index is 5.38. The van der Waals surface area contributed by atoms with Crippen LogP contribution in [0.4, 0.5) is 0 Å². The van der Waals surface area contributed by atoms with E-state index in [1.165, 1.54) is 4.70 Å². The molecule has 0 aliphatic carbocycles. The molecule has 0 bridgehead atoms. The molecule has 0 aliphatic rings. The quantitative estimate of drug-likeness (QED) is 0.725. The molecule has 21 heavy (non-hydrogen) atoms. The van der Waals surface area contributed by atoms with Crippen LogP contribution in [-0.2, 0) is 6.42 Å². The van der Waals surface area contributed by atoms with Crippen LogP contribution in [0.1, 0.15) is 37.1 Å². The molecule has 0 amide bonds. The lowest BCUT2D eigenvalue weighted by Gasteiger charge is -2.17. The zero-order valence-electron chi connectivity index (χ0n) is 12.4. The van der Waals surface area contributed by atoms with Crippen molar-refractivity contribution in [3.63, 3.8) is 0 Å². The van der Waals surface area contributed by atoms with E-state index in [9.17, 15) is 0 Å². The lowest BCUT2D eigenvalue weighted by Crippen LogP contribution is -2.29. The normalized spacial score (nSPS) is 14.4. The predicted molar refractivity (Wildman–Crippen MR) is 87.7 cm³/mol. The molecule has 1 N–H and O–H groups in total. The number of benzene rings is 1. The summed E-state index contributed by atoms with van der Waals surface area (Å²) in [5, 5.41) is 4.78. The second-order valence-corrected chi connectivity index (χ2v) is 6.49. The largest absolute Gasteiger partial charge is 0.469 e. The minimum absolute atomic E-state index is 0.272. The number of furan rings is 1. The molecule has 0 saturated heterocycles. The fourth-order valence-electron chi connectivity index (χ4n) is 2.47. The molecule has 3 nitrogen and oxygen atoms in total. The van der Waals surface area contributed by atoms with E-state index in [1.54, 1.807) is 17.6 Å². The van der Waals surface area contributed by atoms with E-state index in [1.807, 2.05) is 18.2 Å². The van der Waals surface area contributed by atoms with Gasteiger partial charge in [-0.25, -0.2) is 4.98 Å². The summed E-state index contributed by atoms with van der Waals surface area (Å²) in [5.41, 5.74) is 1.09. The first-order valence-electron chi connectivity index (χ1n) is 7.36. The molecule has 3 aromatic rings. The van der Waals surface area contributed by atoms with Crippen LogP contribution in [0, 0.1) is 0 Å². The first-order chi connectivity index (χ1) is 10.2. The molecule has 3 rings (SSSR count). The van der Waals surface area contributed by atoms with Crippen molar-refractivity contribution in [2.45, 2.75) is 38.8 Å². The van der Waals surface area contributed by atoms with Gasteiger partial charge in [0.05, 0.1) is 22.5 Å². The van der Waals surface area contributed by atoms with E-state index >= 15 is 0 Å². The highest BCUT2D eigenvalue weighted by atomic mass is 32.1. The smallest absolute Gasteiger partial charge is 0.111 e. The maximum atomic E-state index is 5.38. The van der Waals surface area contributed by atoms with Crippen LogP contribution in [0.2, 0.25) is 0 Å². The Bertz CT molecular complexity index is 657. The lowest BCUT2D eigenvalue weighted by molar-refractivity contribution is 0.430. The Hall–Kier alpha value is -1.65. The molecule has 4 heteroatoms. The highest BCUT2D eigenvalue weighted by molar-refractivity contribution is 7.18. The summed E-state index contributed by atoms with van der Waals surface area (Å²) in [6, 6.07) is 13.0. The first kappa shape index (κ1) is 14.3. The van der Waals surface area contributed by atoms with E-state index in [4.69, 9.17) is 9.40 Å². The summed E-state index contributed by atoms with van der Waals surface area (Å²) in [4.78, 5) is 4.71. The third-order valence-electron chi connectivity index (χ3n) is 3.62. The molecule has 0 saturated carbocycles. The number of hydrogen-bond acceptors (Lipinski definition) is 4. The van der Waals surface area contributed by atoms with Gasteiger partial charge in [0, 0.05) is 12.5 Å². The monoisotopic (exact) mass is 300 g/mol. The Labute approximate surface area is 129 Å². The van der Waals surface area contributed by atoms with Crippen LogP contribution < -0.4 is 5.32 Å². The maximum Gasteiger partial charge on any atom is 0.111 e. The second kappa shape index (κ2) is 6.41. The Morgan fingerprint density at radius 1 is 1.19 bits per heavy atom. The van der Waals surface area contributed by atoms with Gasteiger partial charge in [0.25, 0.3) is 0 Å². The Balaban J connectivity index is 1.58. The molecule has 2 aromatic heterocycles. The van der Waals surface area contributed by atoms with Gasteiger partial charge in [-0.15, -0.1) is 11.3 Å². The second-order valence-electron chi connectivity index (χ2n) is 5.43. The highest BCUT2D eigenvalue weighted by Crippen LogP contribution is 2.26. The van der Waals surface area contributed by atoms with Crippen LogP contribution >= 0.6 is 11.3 Å². The van der Waals surface area contributed by atoms with Gasteiger partial charge in [-0.05, 0) is 44.5 Å². The number of hydrogen-bond donors (Lipinski definition) is 1. The van der Waals surface area contributed by atoms with E-state index in [0.29, 0.717) is 6.04 Å². The first-order valence-corrected chi connectivity index (χ1v) is 8.18. The predicted octanol–water partition coefficient (Wildman–Crippen LogP) is 4.56. The molecule has 0 spiro atoms. The van der Waals surface area contributed by atoms with Gasteiger partial charge in [0.15, 0.2) is 0 Å². The number of nitrogens with zero attached hydrogens (tertiary/aromatic N) is 1. The van der Waals surface area contributed by atoms with Crippen molar-refractivity contribution >= 4 is 21.6 Å². The van der Waals surface area contributed by atoms with Crippen molar-refractivity contribution < 1.29 is 4.42 Å². The van der Waals surface area contributed by atoms with Crippen molar-refractivity contribution in [3.05, 3.63) is 53.4 Å². The molecular formula is C17H20N2OS. The van der Waals surface area contributed by atoms with Crippen molar-refractivity contribution in [2.24, 2.45) is 0 Å². The standard InChI is InChI=1S/C17H20N2OS/c1-12(9-10-14-6-5-11-20-14)18-13(2)17-19-15-7-3-4-8-16(15)21-17/h3-8,11-13,18H,9-10H2,1-2H3. The summed E-state index contributed by atoms with van der Waals surface area (Å²) < 4.78 is 6.63. The Morgan fingerprint density at radius 2 is 2.05 bits per heavy atom. The molecule has 0 aliphatic heterocycles. The summed E-state index contributed by atoms with van der Waals surface area (Å²) in [7, 11) is 0. The van der Waals surface area contributed by atoms with E-state index in [2.05, 4.69) is 37.4 Å². The van der Waals surface area contributed by atoms with Crippen molar-refractivity contribution in [1.29, 1.82) is 0 Å². The number of thiazole rings is 1. The number of aryl methyl sites for hydroxylation is 1. The van der Waals surface area contributed by atoms with Crippen molar-refractivity contribution in [3.8, 4) is 0 Å². The average Bonchev–Trinajstić information content (AvgIpc) is 3.14. The minimum Gasteiger partial charge on any atom is -0.469 e. The molecule has 1 aromatic carbocycles. The highest BCUT2D eigenvalue weighted by Gasteiger charge is 2.14. The Kier molecular flexibility index (Phi) is 4.36. The molecule has 110 valence electrons. The van der Waals surface area contributed by atoms with Gasteiger partial charge >= 0.3 is 0 Å². The number of aromatic nitrogens is 1. The lowest BCUT2D eigenvalue weighted by atomic mass is 10.1. The Morgan fingerprint density at radius 3 is 2.81 bits per heavy atom. The molecule has 0 radical (unpaired) electrons. The SMILES string of the molecule is CC(CCc1ccco1)NC(C)c1nc2ccccc2s1. The van der Waals surface area contributed by atoms with Gasteiger partial charge < -0.3 is 9.73 Å². The average molecular weight is 300 g/mol. The third-order valence-corrected chi connectivity index (χ3v) is 4.84. The minimum atomic E-state index is 0.272. The van der Waals surface area contributed by atoms with Crippen molar-refractivity contribution in [1.82, 2.24) is 10.3 Å². The molecular weight excluding hydrogens is 280 g/mol. The van der Waals surface area contributed by atoms with Gasteiger partial charge in [0.2, 0.25) is 0 Å². The zero-order valence-corrected chi connectivity index (χ0v) is 13.2. The molecule has 2 atom stereocenters.